The molecule has 4 nitrogen and oxygen atoms in total. The van der Waals surface area contributed by atoms with Gasteiger partial charge in [-0.2, -0.15) is 0 Å². The van der Waals surface area contributed by atoms with Crippen LogP contribution in [-0.4, -0.2) is 11.8 Å². The number of hydrogen-bond donors (Lipinski definition) is 1. The lowest BCUT2D eigenvalue weighted by atomic mass is 10.0. The molecule has 0 saturated heterocycles. The fourth-order valence-corrected chi connectivity index (χ4v) is 3.60. The van der Waals surface area contributed by atoms with Crippen LogP contribution in [-0.2, 0) is 13.2 Å². The van der Waals surface area contributed by atoms with E-state index in [1.807, 2.05) is 116 Å². The minimum absolute atomic E-state index is 0.0570. The van der Waals surface area contributed by atoms with Gasteiger partial charge in [0.05, 0.1) is 6.04 Å². The SMILES string of the molecule is CCC(Nc1ccc(OCc2ccccc2)cc1)C(=O)c1ccc(OCc2ccccc2)cc1. The van der Waals surface area contributed by atoms with Crippen molar-refractivity contribution < 1.29 is 14.3 Å². The zero-order chi connectivity index (χ0) is 23.6. The molecular weight excluding hydrogens is 422 g/mol. The zero-order valence-corrected chi connectivity index (χ0v) is 19.3. The molecule has 1 atom stereocenters. The highest BCUT2D eigenvalue weighted by molar-refractivity contribution is 6.01. The highest BCUT2D eigenvalue weighted by Gasteiger charge is 2.18. The van der Waals surface area contributed by atoms with E-state index in [0.29, 0.717) is 25.2 Å². The van der Waals surface area contributed by atoms with Crippen LogP contribution in [0.4, 0.5) is 5.69 Å². The number of carbonyl (C=O) groups is 1. The van der Waals surface area contributed by atoms with E-state index in [9.17, 15) is 4.79 Å². The van der Waals surface area contributed by atoms with Gasteiger partial charge in [-0.1, -0.05) is 67.6 Å². The van der Waals surface area contributed by atoms with Crippen molar-refractivity contribution in [1.82, 2.24) is 0 Å². The zero-order valence-electron chi connectivity index (χ0n) is 19.3. The standard InChI is InChI=1S/C30H29NO3/c1-2-29(31-26-15-19-28(20-16-26)34-22-24-11-7-4-8-12-24)30(32)25-13-17-27(18-14-25)33-21-23-9-5-3-6-10-23/h3-20,29,31H,2,21-22H2,1H3. The Morgan fingerprint density at radius 3 is 1.62 bits per heavy atom. The van der Waals surface area contributed by atoms with E-state index >= 15 is 0 Å². The first-order chi connectivity index (χ1) is 16.7. The van der Waals surface area contributed by atoms with E-state index in [0.717, 1.165) is 28.3 Å². The second kappa shape index (κ2) is 11.7. The van der Waals surface area contributed by atoms with Crippen LogP contribution >= 0.6 is 0 Å². The summed E-state index contributed by atoms with van der Waals surface area (Å²) < 4.78 is 11.7. The molecule has 4 aromatic rings. The Hall–Kier alpha value is -4.05. The maximum atomic E-state index is 13.1. The van der Waals surface area contributed by atoms with Gasteiger partial charge in [-0.05, 0) is 66.1 Å². The first kappa shape index (κ1) is 23.1. The predicted molar refractivity (Wildman–Crippen MR) is 136 cm³/mol. The molecule has 1 unspecified atom stereocenters. The topological polar surface area (TPSA) is 47.6 Å². The molecule has 4 aromatic carbocycles. The lowest BCUT2D eigenvalue weighted by molar-refractivity contribution is 0.0967. The number of Topliss-reactive ketones (excluding diaryl/α,β-unsaturated/α-hetero) is 1. The Bertz CT molecular complexity index is 1160. The maximum Gasteiger partial charge on any atom is 0.184 e. The molecule has 0 spiro atoms. The third-order valence-electron chi connectivity index (χ3n) is 5.56. The van der Waals surface area contributed by atoms with Gasteiger partial charge in [-0.15, -0.1) is 0 Å². The summed E-state index contributed by atoms with van der Waals surface area (Å²) in [7, 11) is 0. The van der Waals surface area contributed by atoms with Gasteiger partial charge < -0.3 is 14.8 Å². The van der Waals surface area contributed by atoms with Gasteiger partial charge in [-0.25, -0.2) is 0 Å². The Morgan fingerprint density at radius 1 is 0.676 bits per heavy atom. The van der Waals surface area contributed by atoms with E-state index in [-0.39, 0.29) is 11.8 Å². The molecule has 34 heavy (non-hydrogen) atoms. The largest absolute Gasteiger partial charge is 0.489 e. The maximum absolute atomic E-state index is 13.1. The summed E-state index contributed by atoms with van der Waals surface area (Å²) in [4.78, 5) is 13.1. The highest BCUT2D eigenvalue weighted by Crippen LogP contribution is 2.21. The van der Waals surface area contributed by atoms with Gasteiger partial charge in [0, 0.05) is 11.3 Å². The number of anilines is 1. The number of benzene rings is 4. The summed E-state index contributed by atoms with van der Waals surface area (Å²) in [5.74, 6) is 1.59. The lowest BCUT2D eigenvalue weighted by Crippen LogP contribution is -2.28. The van der Waals surface area contributed by atoms with E-state index in [1.165, 1.54) is 0 Å². The normalized spacial score (nSPS) is 11.4. The van der Waals surface area contributed by atoms with Crippen LogP contribution in [0.2, 0.25) is 0 Å². The summed E-state index contributed by atoms with van der Waals surface area (Å²) in [5, 5.41) is 3.35. The molecule has 0 amide bonds. The van der Waals surface area contributed by atoms with Crippen molar-refractivity contribution in [3.8, 4) is 11.5 Å². The molecule has 1 N–H and O–H groups in total. The average molecular weight is 452 g/mol. The van der Waals surface area contributed by atoms with Crippen molar-refractivity contribution in [3.05, 3.63) is 126 Å². The lowest BCUT2D eigenvalue weighted by Gasteiger charge is -2.18. The molecule has 0 aliphatic heterocycles. The number of rotatable bonds is 11. The van der Waals surface area contributed by atoms with Gasteiger partial charge in [0.25, 0.3) is 0 Å². The monoisotopic (exact) mass is 451 g/mol. The first-order valence-corrected chi connectivity index (χ1v) is 11.6. The fraction of sp³-hybridized carbons (Fsp3) is 0.167. The number of nitrogens with one attached hydrogen (secondary N) is 1. The van der Waals surface area contributed by atoms with E-state index < -0.39 is 0 Å². The third kappa shape index (κ3) is 6.48. The van der Waals surface area contributed by atoms with Gasteiger partial charge in [-0.3, -0.25) is 4.79 Å². The quantitative estimate of drug-likeness (QED) is 0.252. The third-order valence-corrected chi connectivity index (χ3v) is 5.56. The molecular formula is C30H29NO3. The van der Waals surface area contributed by atoms with Crippen LogP contribution in [0.5, 0.6) is 11.5 Å². The minimum atomic E-state index is -0.313. The van der Waals surface area contributed by atoms with Crippen LogP contribution in [0.15, 0.2) is 109 Å². The van der Waals surface area contributed by atoms with Gasteiger partial charge >= 0.3 is 0 Å². The Labute approximate surface area is 201 Å². The molecule has 0 radical (unpaired) electrons. The average Bonchev–Trinajstić information content (AvgIpc) is 2.91. The van der Waals surface area contributed by atoms with Gasteiger partial charge in [0.2, 0.25) is 0 Å². The Kier molecular flexibility index (Phi) is 7.96. The van der Waals surface area contributed by atoms with Crippen LogP contribution in [0.1, 0.15) is 34.8 Å². The molecule has 172 valence electrons. The molecule has 0 aliphatic carbocycles. The second-order valence-corrected chi connectivity index (χ2v) is 8.07. The van der Waals surface area contributed by atoms with Crippen molar-refractivity contribution in [2.24, 2.45) is 0 Å². The molecule has 0 aliphatic rings. The highest BCUT2D eigenvalue weighted by atomic mass is 16.5. The molecule has 0 fully saturated rings. The van der Waals surface area contributed by atoms with Crippen molar-refractivity contribution in [2.45, 2.75) is 32.6 Å². The summed E-state index contributed by atoms with van der Waals surface area (Å²) in [6.07, 6.45) is 0.678. The van der Waals surface area contributed by atoms with Crippen LogP contribution in [0.25, 0.3) is 0 Å². The van der Waals surface area contributed by atoms with Crippen molar-refractivity contribution in [1.29, 1.82) is 0 Å². The minimum Gasteiger partial charge on any atom is -0.489 e. The summed E-state index contributed by atoms with van der Waals surface area (Å²) >= 11 is 0. The summed E-state index contributed by atoms with van der Waals surface area (Å²) in [6.45, 7) is 3.03. The number of carbonyl (C=O) groups excluding carboxylic acids is 1. The Morgan fingerprint density at radius 2 is 1.15 bits per heavy atom. The van der Waals surface area contributed by atoms with E-state index in [4.69, 9.17) is 9.47 Å². The van der Waals surface area contributed by atoms with Crippen LogP contribution in [0, 0.1) is 0 Å². The molecule has 0 bridgehead atoms. The Balaban J connectivity index is 1.31. The van der Waals surface area contributed by atoms with Crippen molar-refractivity contribution in [3.63, 3.8) is 0 Å². The summed E-state index contributed by atoms with van der Waals surface area (Å²) in [5.41, 5.74) is 3.77. The van der Waals surface area contributed by atoms with Gasteiger partial charge in [0.1, 0.15) is 24.7 Å². The van der Waals surface area contributed by atoms with Crippen LogP contribution < -0.4 is 14.8 Å². The van der Waals surface area contributed by atoms with Crippen LogP contribution in [0.3, 0.4) is 0 Å². The second-order valence-electron chi connectivity index (χ2n) is 8.07. The number of ketones is 1. The van der Waals surface area contributed by atoms with E-state index in [2.05, 4.69) is 5.32 Å². The molecule has 0 heterocycles. The molecule has 4 rings (SSSR count). The number of ether oxygens (including phenoxy) is 2. The molecule has 4 heteroatoms. The summed E-state index contributed by atoms with van der Waals surface area (Å²) in [6, 6.07) is 34.8. The fourth-order valence-electron chi connectivity index (χ4n) is 3.60. The predicted octanol–water partition coefficient (Wildman–Crippen LogP) is 6.92. The van der Waals surface area contributed by atoms with Crippen molar-refractivity contribution in [2.75, 3.05) is 5.32 Å². The molecule has 0 aromatic heterocycles. The van der Waals surface area contributed by atoms with E-state index in [1.54, 1.807) is 0 Å². The van der Waals surface area contributed by atoms with Gasteiger partial charge in [0.15, 0.2) is 5.78 Å². The first-order valence-electron chi connectivity index (χ1n) is 11.6. The smallest absolute Gasteiger partial charge is 0.184 e. The number of hydrogen-bond acceptors (Lipinski definition) is 4. The van der Waals surface area contributed by atoms with Crippen molar-refractivity contribution >= 4 is 11.5 Å². The molecule has 0 saturated carbocycles.